The molecule has 0 unspecified atom stereocenters. The molecule has 0 heterocycles. The van der Waals surface area contributed by atoms with Crippen LogP contribution in [-0.2, 0) is 22.5 Å². The van der Waals surface area contributed by atoms with E-state index < -0.39 is 42.3 Å². The zero-order chi connectivity index (χ0) is 28.8. The van der Waals surface area contributed by atoms with Crippen LogP contribution in [0.5, 0.6) is 0 Å². The first-order valence-corrected chi connectivity index (χ1v) is 28.4. The lowest BCUT2D eigenvalue weighted by atomic mass is 10.0. The van der Waals surface area contributed by atoms with Gasteiger partial charge >= 0.3 is 25.7 Å². The summed E-state index contributed by atoms with van der Waals surface area (Å²) in [4.78, 5) is 0. The topological polar surface area (TPSA) is 60.7 Å². The Kier molecular flexibility index (Phi) is 11.3. The van der Waals surface area contributed by atoms with Crippen LogP contribution >= 0.6 is 0 Å². The zero-order valence-corrected chi connectivity index (χ0v) is 30.5. The molecule has 0 bridgehead atoms. The molecule has 0 saturated carbocycles. The van der Waals surface area contributed by atoms with Gasteiger partial charge in [0.1, 0.15) is 0 Å². The van der Waals surface area contributed by atoms with Gasteiger partial charge in [-0.15, -0.1) is 0 Å². The normalized spacial score (nSPS) is 13.4. The van der Waals surface area contributed by atoms with Crippen molar-refractivity contribution < 1.29 is 16.5 Å². The van der Waals surface area contributed by atoms with E-state index in [1.165, 1.54) is 24.4 Å². The average Bonchev–Trinajstić information content (AvgIpc) is 2.74. The van der Waals surface area contributed by atoms with Crippen LogP contribution in [0.25, 0.3) is 11.1 Å². The van der Waals surface area contributed by atoms with Crippen molar-refractivity contribution >= 4 is 42.3 Å². The minimum Gasteiger partial charge on any atom is -0.436 e. The zero-order valence-electron chi connectivity index (χ0n) is 25.5. The number of hydrogen-bond acceptors (Lipinski definition) is 5. The minimum absolute atomic E-state index is 0.678. The lowest BCUT2D eigenvalue weighted by molar-refractivity contribution is 0.298. The van der Waals surface area contributed by atoms with Crippen molar-refractivity contribution in [3.05, 3.63) is 59.7 Å². The molecule has 0 atom stereocenters. The summed E-state index contributed by atoms with van der Waals surface area (Å²) < 4.78 is 27.0. The van der Waals surface area contributed by atoms with E-state index >= 15 is 0 Å². The van der Waals surface area contributed by atoms with Gasteiger partial charge in [0.05, 0.1) is 11.6 Å². The predicted octanol–water partition coefficient (Wildman–Crippen LogP) is 8.69. The minimum atomic E-state index is -2.45. The van der Waals surface area contributed by atoms with Gasteiger partial charge in [-0.1, -0.05) is 56.2 Å². The third-order valence-corrected chi connectivity index (χ3v) is 25.1. The van der Waals surface area contributed by atoms with Crippen molar-refractivity contribution in [2.75, 3.05) is 0 Å². The lowest BCUT2D eigenvalue weighted by Crippen LogP contribution is -2.58. The maximum Gasteiger partial charge on any atom is 0.314 e. The molecule has 5 nitrogen and oxygen atoms in total. The molecule has 0 aromatic heterocycles. The number of nitriles is 1. The second-order valence-electron chi connectivity index (χ2n) is 12.8. The molecule has 10 heteroatoms. The van der Waals surface area contributed by atoms with Crippen molar-refractivity contribution in [2.24, 2.45) is 0 Å². The summed E-state index contributed by atoms with van der Waals surface area (Å²) in [7, 11) is -11.0. The molecule has 2 aromatic rings. The molecule has 0 aliphatic heterocycles. The second-order valence-corrected chi connectivity index (χ2v) is 32.4. The van der Waals surface area contributed by atoms with Gasteiger partial charge in [-0.2, -0.15) is 5.26 Å². The number of rotatable bonds is 14. The first kappa shape index (κ1) is 33.1. The van der Waals surface area contributed by atoms with Crippen molar-refractivity contribution in [2.45, 2.75) is 97.3 Å². The Morgan fingerprint density at radius 2 is 1.03 bits per heavy atom. The van der Waals surface area contributed by atoms with Gasteiger partial charge in [-0.05, 0) is 106 Å². The fourth-order valence-corrected chi connectivity index (χ4v) is 30.2. The Labute approximate surface area is 237 Å². The molecule has 0 N–H and O–H groups in total. The smallest absolute Gasteiger partial charge is 0.314 e. The third-order valence-electron chi connectivity index (χ3n) is 6.09. The fraction of sp³-hybridized carbons (Fsp3) is 0.536. The largest absolute Gasteiger partial charge is 0.436 e. The van der Waals surface area contributed by atoms with Crippen LogP contribution in [0.3, 0.4) is 0 Å². The molecule has 2 aromatic carbocycles. The predicted molar refractivity (Wildman–Crippen MR) is 172 cm³/mol. The van der Waals surface area contributed by atoms with Crippen LogP contribution in [0.15, 0.2) is 48.5 Å². The van der Waals surface area contributed by atoms with Gasteiger partial charge in [-0.3, -0.25) is 0 Å². The lowest BCUT2D eigenvalue weighted by Gasteiger charge is -2.42. The molecule has 210 valence electrons. The van der Waals surface area contributed by atoms with Crippen molar-refractivity contribution in [3.63, 3.8) is 0 Å². The highest BCUT2D eigenvalue weighted by Crippen LogP contribution is 2.29. The Morgan fingerprint density at radius 3 is 1.47 bits per heavy atom. The first-order chi connectivity index (χ1) is 17.4. The molecule has 0 fully saturated rings. The Morgan fingerprint density at radius 1 is 0.605 bits per heavy atom. The molecular weight excluding hydrogens is 555 g/mol. The Hall–Kier alpha value is -1.15. The summed E-state index contributed by atoms with van der Waals surface area (Å²) >= 11 is 0. The van der Waals surface area contributed by atoms with E-state index in [9.17, 15) is 0 Å². The average molecular weight is 604 g/mol. The summed E-state index contributed by atoms with van der Waals surface area (Å²) in [6.45, 7) is 24.3. The number of unbranched alkanes of at least 4 members (excludes halogenated alkanes) is 1. The quantitative estimate of drug-likeness (QED) is 0.202. The van der Waals surface area contributed by atoms with Crippen LogP contribution in [-0.4, -0.2) is 42.3 Å². The molecule has 38 heavy (non-hydrogen) atoms. The van der Waals surface area contributed by atoms with Crippen molar-refractivity contribution in [3.8, 4) is 17.2 Å². The number of benzene rings is 2. The Bertz CT molecular complexity index is 1080. The summed E-state index contributed by atoms with van der Waals surface area (Å²) in [5, 5.41) is 9.03. The van der Waals surface area contributed by atoms with E-state index in [1.807, 2.05) is 24.3 Å². The summed E-state index contributed by atoms with van der Waals surface area (Å²) in [5.74, 6) is 0. The monoisotopic (exact) mass is 603 g/mol. The summed E-state index contributed by atoms with van der Waals surface area (Å²) in [6.07, 6.45) is 2.41. The van der Waals surface area contributed by atoms with E-state index in [4.69, 9.17) is 21.7 Å². The molecule has 0 spiro atoms. The molecular formula is C28H49NO4Si5. The van der Waals surface area contributed by atoms with E-state index in [1.54, 1.807) is 0 Å². The summed E-state index contributed by atoms with van der Waals surface area (Å²) in [6, 6.07) is 20.7. The van der Waals surface area contributed by atoms with Gasteiger partial charge in [0.2, 0.25) is 0 Å². The third kappa shape index (κ3) is 11.5. The van der Waals surface area contributed by atoms with Gasteiger partial charge in [-0.25, -0.2) is 0 Å². The highest BCUT2D eigenvalue weighted by Gasteiger charge is 2.45. The van der Waals surface area contributed by atoms with Gasteiger partial charge in [0, 0.05) is 0 Å². The standard InChI is InChI=1S/C28H49NO4Si5/c1-12-13-22-34(2,3)30-36(6,7)32-38(10,11)33-37(8,9)31-35(4,5)24-26-16-20-28(21-17-26)27-18-14-25(23-29)15-19-27/h14-21H,12-13,22,24H2,1-11H3. The van der Waals surface area contributed by atoms with Crippen LogP contribution < -0.4 is 0 Å². The van der Waals surface area contributed by atoms with Gasteiger partial charge in [0.15, 0.2) is 16.6 Å². The highest BCUT2D eigenvalue weighted by atomic mass is 28.5. The summed E-state index contributed by atoms with van der Waals surface area (Å²) in [5.41, 5.74) is 4.22. The molecule has 0 amide bonds. The van der Waals surface area contributed by atoms with Crippen LogP contribution in [0, 0.1) is 11.3 Å². The van der Waals surface area contributed by atoms with E-state index in [-0.39, 0.29) is 0 Å². The second kappa shape index (κ2) is 13.0. The highest BCUT2D eigenvalue weighted by molar-refractivity contribution is 6.90. The first-order valence-electron chi connectivity index (χ1n) is 13.8. The number of hydrogen-bond donors (Lipinski definition) is 0. The Balaban J connectivity index is 2.01. The van der Waals surface area contributed by atoms with Gasteiger partial charge in [0.25, 0.3) is 0 Å². The van der Waals surface area contributed by atoms with E-state index in [2.05, 4.69) is 103 Å². The maximum atomic E-state index is 9.03. The molecule has 2 rings (SSSR count). The molecule has 0 aliphatic carbocycles. The number of nitrogens with zero attached hydrogens (tertiary/aromatic N) is 1. The molecule has 0 radical (unpaired) electrons. The molecule has 0 saturated heterocycles. The van der Waals surface area contributed by atoms with Crippen molar-refractivity contribution in [1.82, 2.24) is 0 Å². The maximum absolute atomic E-state index is 9.03. The van der Waals surface area contributed by atoms with Crippen LogP contribution in [0.1, 0.15) is 30.9 Å². The van der Waals surface area contributed by atoms with Gasteiger partial charge < -0.3 is 16.5 Å². The fourth-order valence-electron chi connectivity index (χ4n) is 5.31. The van der Waals surface area contributed by atoms with E-state index in [0.29, 0.717) is 5.56 Å². The van der Waals surface area contributed by atoms with E-state index in [0.717, 1.165) is 17.2 Å². The molecule has 0 aliphatic rings. The van der Waals surface area contributed by atoms with Crippen LogP contribution in [0.2, 0.25) is 71.5 Å². The van der Waals surface area contributed by atoms with Crippen molar-refractivity contribution in [1.29, 1.82) is 5.26 Å². The van der Waals surface area contributed by atoms with Crippen LogP contribution in [0.4, 0.5) is 0 Å². The SMILES string of the molecule is CCCC[Si](C)(C)O[Si](C)(C)O[Si](C)(C)O[Si](C)(C)O[Si](C)(C)Cc1ccc(-c2ccc(C#N)cc2)cc1.